The summed E-state index contributed by atoms with van der Waals surface area (Å²) in [7, 11) is 0. The summed E-state index contributed by atoms with van der Waals surface area (Å²) in [5.74, 6) is -0.140. The topological polar surface area (TPSA) is 51.5 Å². The number of ether oxygens (including phenoxy) is 1. The van der Waals surface area contributed by atoms with Crippen molar-refractivity contribution in [3.05, 3.63) is 45.8 Å². The first kappa shape index (κ1) is 13.9. The van der Waals surface area contributed by atoms with Crippen LogP contribution in [0.3, 0.4) is 0 Å². The minimum atomic E-state index is -0.936. The number of carboxylic acids is 1. The smallest absolute Gasteiger partial charge is 0.352 e. The first-order valence-electron chi connectivity index (χ1n) is 5.96. The highest BCUT2D eigenvalue weighted by atomic mass is 127. The highest BCUT2D eigenvalue weighted by Crippen LogP contribution is 2.20. The van der Waals surface area contributed by atoms with E-state index in [1.165, 1.54) is 0 Å². The van der Waals surface area contributed by atoms with E-state index in [1.54, 1.807) is 16.8 Å². The van der Waals surface area contributed by atoms with E-state index in [-0.39, 0.29) is 5.69 Å². The molecule has 1 heterocycles. The van der Waals surface area contributed by atoms with Gasteiger partial charge in [-0.1, -0.05) is 6.92 Å². The number of hydrogen-bond acceptors (Lipinski definition) is 2. The molecule has 0 aliphatic carbocycles. The molecular weight excluding hydrogens is 357 g/mol. The number of carboxylic acid groups (broad SMARTS) is 1. The molecule has 0 atom stereocenters. The molecule has 100 valence electrons. The highest BCUT2D eigenvalue weighted by Gasteiger charge is 2.12. The van der Waals surface area contributed by atoms with E-state index in [0.29, 0.717) is 6.61 Å². The van der Waals surface area contributed by atoms with Gasteiger partial charge >= 0.3 is 5.97 Å². The normalized spacial score (nSPS) is 10.4. The average Bonchev–Trinajstić information content (AvgIpc) is 2.79. The van der Waals surface area contributed by atoms with Gasteiger partial charge in [-0.05, 0) is 59.3 Å². The lowest BCUT2D eigenvalue weighted by Crippen LogP contribution is -2.05. The molecule has 0 radical (unpaired) electrons. The number of nitrogens with zero attached hydrogens (tertiary/aromatic N) is 1. The summed E-state index contributed by atoms with van der Waals surface area (Å²) in [6.45, 7) is 2.73. The monoisotopic (exact) mass is 371 g/mol. The van der Waals surface area contributed by atoms with E-state index in [9.17, 15) is 4.79 Å². The second-order valence-electron chi connectivity index (χ2n) is 4.06. The zero-order valence-corrected chi connectivity index (χ0v) is 12.6. The van der Waals surface area contributed by atoms with Gasteiger partial charge in [0.15, 0.2) is 0 Å². The number of aromatic nitrogens is 1. The third-order valence-corrected chi connectivity index (χ3v) is 3.18. The third-order valence-electron chi connectivity index (χ3n) is 2.59. The van der Waals surface area contributed by atoms with Gasteiger partial charge in [0.2, 0.25) is 0 Å². The number of carbonyl (C=O) groups is 1. The molecule has 0 aliphatic heterocycles. The second-order valence-corrected chi connectivity index (χ2v) is 5.31. The molecule has 0 spiro atoms. The van der Waals surface area contributed by atoms with Crippen molar-refractivity contribution in [1.82, 2.24) is 4.57 Å². The lowest BCUT2D eigenvalue weighted by molar-refractivity contribution is 0.0688. The first-order valence-corrected chi connectivity index (χ1v) is 7.04. The fourth-order valence-corrected chi connectivity index (χ4v) is 2.31. The minimum absolute atomic E-state index is 0.256. The van der Waals surface area contributed by atoms with E-state index in [1.807, 2.05) is 24.3 Å². The summed E-state index contributed by atoms with van der Waals surface area (Å²) in [4.78, 5) is 11.2. The van der Waals surface area contributed by atoms with Crippen LogP contribution in [-0.2, 0) is 0 Å². The quantitative estimate of drug-likeness (QED) is 0.818. The molecule has 0 unspecified atom stereocenters. The summed E-state index contributed by atoms with van der Waals surface area (Å²) in [5, 5.41) is 9.16. The summed E-state index contributed by atoms with van der Waals surface area (Å²) < 4.78 is 8.05. The molecular formula is C14H14INO3. The van der Waals surface area contributed by atoms with Crippen LogP contribution in [0, 0.1) is 3.57 Å². The van der Waals surface area contributed by atoms with Crippen molar-refractivity contribution in [3.63, 3.8) is 0 Å². The maximum Gasteiger partial charge on any atom is 0.352 e. The zero-order valence-electron chi connectivity index (χ0n) is 10.5. The first-order chi connectivity index (χ1) is 9.11. The third kappa shape index (κ3) is 3.28. The summed E-state index contributed by atoms with van der Waals surface area (Å²) >= 11 is 2.10. The largest absolute Gasteiger partial charge is 0.494 e. The van der Waals surface area contributed by atoms with Crippen molar-refractivity contribution in [3.8, 4) is 11.4 Å². The van der Waals surface area contributed by atoms with Gasteiger partial charge < -0.3 is 14.4 Å². The van der Waals surface area contributed by atoms with Crippen LogP contribution in [0.5, 0.6) is 5.75 Å². The Labute approximate surface area is 125 Å². The van der Waals surface area contributed by atoms with Gasteiger partial charge in [0.1, 0.15) is 11.4 Å². The molecule has 19 heavy (non-hydrogen) atoms. The van der Waals surface area contributed by atoms with Crippen molar-refractivity contribution in [2.45, 2.75) is 13.3 Å². The van der Waals surface area contributed by atoms with Gasteiger partial charge in [-0.25, -0.2) is 4.79 Å². The maximum atomic E-state index is 11.2. The number of halogens is 1. The Morgan fingerprint density at radius 1 is 1.37 bits per heavy atom. The lowest BCUT2D eigenvalue weighted by atomic mass is 10.3. The number of hydrogen-bond donors (Lipinski definition) is 1. The molecule has 1 aromatic heterocycles. The molecule has 0 saturated carbocycles. The Balaban J connectivity index is 2.29. The SMILES string of the molecule is CCCOc1ccc(-n2cc(I)cc2C(=O)O)cc1. The van der Waals surface area contributed by atoms with E-state index < -0.39 is 5.97 Å². The zero-order chi connectivity index (χ0) is 13.8. The van der Waals surface area contributed by atoms with Crippen LogP contribution in [0.15, 0.2) is 36.5 Å². The van der Waals surface area contributed by atoms with Gasteiger partial charge in [-0.3, -0.25) is 0 Å². The van der Waals surface area contributed by atoms with Crippen molar-refractivity contribution in [2.75, 3.05) is 6.61 Å². The number of benzene rings is 1. The fourth-order valence-electron chi connectivity index (χ4n) is 1.73. The van der Waals surface area contributed by atoms with E-state index in [4.69, 9.17) is 9.84 Å². The lowest BCUT2D eigenvalue weighted by Gasteiger charge is -2.08. The van der Waals surface area contributed by atoms with Crippen LogP contribution in [-0.4, -0.2) is 22.2 Å². The molecule has 0 bridgehead atoms. The molecule has 0 amide bonds. The Hall–Kier alpha value is -1.50. The van der Waals surface area contributed by atoms with Gasteiger partial charge in [0.05, 0.1) is 6.61 Å². The van der Waals surface area contributed by atoms with E-state index in [2.05, 4.69) is 29.5 Å². The van der Waals surface area contributed by atoms with Crippen LogP contribution >= 0.6 is 22.6 Å². The Morgan fingerprint density at radius 2 is 2.05 bits per heavy atom. The molecule has 2 aromatic rings. The predicted octanol–water partition coefficient (Wildman–Crippen LogP) is 3.57. The van der Waals surface area contributed by atoms with E-state index in [0.717, 1.165) is 21.4 Å². The van der Waals surface area contributed by atoms with E-state index >= 15 is 0 Å². The molecule has 5 heteroatoms. The number of rotatable bonds is 5. The van der Waals surface area contributed by atoms with Crippen LogP contribution in [0.25, 0.3) is 5.69 Å². The number of aromatic carboxylic acids is 1. The van der Waals surface area contributed by atoms with Crippen LogP contribution in [0.4, 0.5) is 0 Å². The molecule has 0 saturated heterocycles. The molecule has 0 fully saturated rings. The second kappa shape index (κ2) is 6.10. The molecule has 1 N–H and O–H groups in total. The maximum absolute atomic E-state index is 11.2. The highest BCUT2D eigenvalue weighted by molar-refractivity contribution is 14.1. The summed E-state index contributed by atoms with van der Waals surface area (Å²) in [6.07, 6.45) is 2.76. The van der Waals surface area contributed by atoms with Crippen LogP contribution < -0.4 is 4.74 Å². The Bertz CT molecular complexity index is 575. The summed E-state index contributed by atoms with van der Waals surface area (Å²) in [6, 6.07) is 9.05. The van der Waals surface area contributed by atoms with Gasteiger partial charge in [-0.15, -0.1) is 0 Å². The molecule has 1 aromatic carbocycles. The van der Waals surface area contributed by atoms with Gasteiger partial charge in [-0.2, -0.15) is 0 Å². The average molecular weight is 371 g/mol. The van der Waals surface area contributed by atoms with Gasteiger partial charge in [0, 0.05) is 15.5 Å². The Morgan fingerprint density at radius 3 is 2.63 bits per heavy atom. The van der Waals surface area contributed by atoms with Crippen LogP contribution in [0.2, 0.25) is 0 Å². The van der Waals surface area contributed by atoms with Crippen molar-refractivity contribution in [1.29, 1.82) is 0 Å². The fraction of sp³-hybridized carbons (Fsp3) is 0.214. The van der Waals surface area contributed by atoms with Crippen LogP contribution in [0.1, 0.15) is 23.8 Å². The predicted molar refractivity (Wildman–Crippen MR) is 81.2 cm³/mol. The summed E-state index contributed by atoms with van der Waals surface area (Å²) in [5.41, 5.74) is 1.07. The molecule has 2 rings (SSSR count). The standard InChI is InChI=1S/C14H14INO3/c1-2-7-19-12-5-3-11(4-6-12)16-9-10(15)8-13(16)14(17)18/h3-6,8-9H,2,7H2,1H3,(H,17,18). The Kier molecular flexibility index (Phi) is 4.47. The van der Waals surface area contributed by atoms with Crippen molar-refractivity contribution in [2.24, 2.45) is 0 Å². The van der Waals surface area contributed by atoms with Gasteiger partial charge in [0.25, 0.3) is 0 Å². The van der Waals surface area contributed by atoms with Crippen molar-refractivity contribution < 1.29 is 14.6 Å². The van der Waals surface area contributed by atoms with Crippen molar-refractivity contribution >= 4 is 28.6 Å². The minimum Gasteiger partial charge on any atom is -0.494 e. The molecule has 0 aliphatic rings. The molecule has 4 nitrogen and oxygen atoms in total.